The van der Waals surface area contributed by atoms with E-state index >= 15 is 0 Å². The van der Waals surface area contributed by atoms with Crippen molar-refractivity contribution in [2.45, 2.75) is 19.8 Å². The number of benzene rings is 2. The summed E-state index contributed by atoms with van der Waals surface area (Å²) >= 11 is 0. The second-order valence-electron chi connectivity index (χ2n) is 7.00. The quantitative estimate of drug-likeness (QED) is 0.544. The zero-order chi connectivity index (χ0) is 22.4. The minimum Gasteiger partial charge on any atom is -0.466 e. The predicted octanol–water partition coefficient (Wildman–Crippen LogP) is 2.33. The summed E-state index contributed by atoms with van der Waals surface area (Å²) in [6.45, 7) is 1.82. The van der Waals surface area contributed by atoms with E-state index in [0.29, 0.717) is 22.4 Å². The molecule has 31 heavy (non-hydrogen) atoms. The maximum atomic E-state index is 13.0. The number of esters is 1. The molecule has 0 spiro atoms. The topological polar surface area (TPSA) is 117 Å². The van der Waals surface area contributed by atoms with Crippen LogP contribution < -0.4 is 5.32 Å². The third-order valence-corrected chi connectivity index (χ3v) is 4.80. The molecule has 1 aliphatic rings. The lowest BCUT2D eigenvalue weighted by Crippen LogP contribution is -2.36. The second-order valence-corrected chi connectivity index (χ2v) is 7.00. The highest BCUT2D eigenvalue weighted by molar-refractivity contribution is 6.09. The van der Waals surface area contributed by atoms with Crippen molar-refractivity contribution in [3.63, 3.8) is 0 Å². The number of carbonyl (C=O) groups is 4. The lowest BCUT2D eigenvalue weighted by molar-refractivity contribution is -0.143. The van der Waals surface area contributed by atoms with Crippen LogP contribution in [-0.2, 0) is 20.7 Å². The largest absolute Gasteiger partial charge is 0.466 e. The Morgan fingerprint density at radius 3 is 2.58 bits per heavy atom. The summed E-state index contributed by atoms with van der Waals surface area (Å²) in [5.74, 6) is -1.36. The summed E-state index contributed by atoms with van der Waals surface area (Å²) in [6, 6.07) is 13.2. The molecule has 8 heteroatoms. The molecule has 1 heterocycles. The molecule has 0 saturated carbocycles. The van der Waals surface area contributed by atoms with Gasteiger partial charge in [0.1, 0.15) is 6.54 Å². The number of Topliss-reactive ketones (excluding diaryl/α,β-unsaturated/α-hetero) is 1. The van der Waals surface area contributed by atoms with Gasteiger partial charge in [0.25, 0.3) is 5.91 Å². The van der Waals surface area contributed by atoms with Gasteiger partial charge >= 0.3 is 5.97 Å². The normalized spacial score (nSPS) is 13.0. The maximum absolute atomic E-state index is 13.0. The molecule has 158 valence electrons. The van der Waals surface area contributed by atoms with Crippen molar-refractivity contribution in [1.29, 1.82) is 5.26 Å². The number of hydrogen-bond acceptors (Lipinski definition) is 6. The van der Waals surface area contributed by atoms with Crippen molar-refractivity contribution in [3.8, 4) is 6.07 Å². The number of hydrogen-bond donors (Lipinski definition) is 1. The molecule has 0 radical (unpaired) electrons. The summed E-state index contributed by atoms with van der Waals surface area (Å²) in [6.07, 6.45) is 0.0439. The lowest BCUT2D eigenvalue weighted by atomic mass is 9.99. The fraction of sp³-hybridized carbons (Fsp3) is 0.261. The third-order valence-electron chi connectivity index (χ3n) is 4.80. The van der Waals surface area contributed by atoms with Crippen molar-refractivity contribution in [2.75, 3.05) is 25.0 Å². The molecular weight excluding hydrogens is 398 g/mol. The molecule has 0 atom stereocenters. The van der Waals surface area contributed by atoms with Crippen LogP contribution in [0.1, 0.15) is 45.2 Å². The number of amides is 2. The van der Waals surface area contributed by atoms with Gasteiger partial charge in [0.2, 0.25) is 5.91 Å². The van der Waals surface area contributed by atoms with E-state index < -0.39 is 11.9 Å². The van der Waals surface area contributed by atoms with Gasteiger partial charge in [-0.2, -0.15) is 5.26 Å². The van der Waals surface area contributed by atoms with E-state index in [-0.39, 0.29) is 49.8 Å². The molecule has 3 rings (SSSR count). The van der Waals surface area contributed by atoms with Crippen molar-refractivity contribution in [3.05, 3.63) is 64.7 Å². The molecule has 2 aromatic rings. The van der Waals surface area contributed by atoms with Crippen LogP contribution in [0, 0.1) is 11.3 Å². The van der Waals surface area contributed by atoms with Crippen LogP contribution in [0.3, 0.4) is 0 Å². The number of rotatable bonds is 7. The summed E-state index contributed by atoms with van der Waals surface area (Å²) in [4.78, 5) is 50.7. The number of nitrogens with zero attached hydrogens (tertiary/aromatic N) is 2. The van der Waals surface area contributed by atoms with E-state index in [2.05, 4.69) is 5.32 Å². The standard InChI is InChI=1S/C23H21N3O5/c1-2-31-22(29)9-10-26-14-21(28)25-19-8-5-16(11-18(19)23(26)30)12-20(27)17-6-3-15(13-24)4-7-17/h3-8,11H,2,9-10,12,14H2,1H3,(H,25,28). The summed E-state index contributed by atoms with van der Waals surface area (Å²) in [5.41, 5.74) is 2.17. The van der Waals surface area contributed by atoms with Crippen LogP contribution >= 0.6 is 0 Å². The van der Waals surface area contributed by atoms with Gasteiger partial charge in [-0.3, -0.25) is 19.2 Å². The van der Waals surface area contributed by atoms with Crippen LogP contribution in [0.5, 0.6) is 0 Å². The molecule has 0 fully saturated rings. The second kappa shape index (κ2) is 9.67. The fourth-order valence-electron chi connectivity index (χ4n) is 3.25. The number of carbonyl (C=O) groups excluding carboxylic acids is 4. The molecule has 1 N–H and O–H groups in total. The Hall–Kier alpha value is -3.99. The molecule has 0 saturated heterocycles. The van der Waals surface area contributed by atoms with Gasteiger partial charge in [-0.15, -0.1) is 0 Å². The van der Waals surface area contributed by atoms with Gasteiger partial charge in [0, 0.05) is 18.5 Å². The number of fused-ring (bicyclic) bond motifs is 1. The molecule has 1 aliphatic heterocycles. The Labute approximate surface area is 179 Å². The van der Waals surface area contributed by atoms with E-state index in [1.165, 1.54) is 4.90 Å². The first-order valence-electron chi connectivity index (χ1n) is 9.82. The monoisotopic (exact) mass is 419 g/mol. The van der Waals surface area contributed by atoms with Gasteiger partial charge < -0.3 is 15.0 Å². The van der Waals surface area contributed by atoms with Crippen LogP contribution in [0.25, 0.3) is 0 Å². The van der Waals surface area contributed by atoms with E-state index in [0.717, 1.165) is 0 Å². The predicted molar refractivity (Wildman–Crippen MR) is 111 cm³/mol. The van der Waals surface area contributed by atoms with Gasteiger partial charge in [-0.25, -0.2) is 0 Å². The highest BCUT2D eigenvalue weighted by atomic mass is 16.5. The van der Waals surface area contributed by atoms with E-state index in [1.807, 2.05) is 6.07 Å². The summed E-state index contributed by atoms with van der Waals surface area (Å²) in [5, 5.41) is 11.6. The van der Waals surface area contributed by atoms with Crippen LogP contribution in [-0.4, -0.2) is 48.2 Å². The molecule has 2 aromatic carbocycles. The van der Waals surface area contributed by atoms with Gasteiger partial charge in [0.15, 0.2) is 5.78 Å². The molecule has 0 bridgehead atoms. The van der Waals surface area contributed by atoms with E-state index in [1.54, 1.807) is 49.4 Å². The van der Waals surface area contributed by atoms with Crippen LogP contribution in [0.15, 0.2) is 42.5 Å². The average Bonchev–Trinajstić information content (AvgIpc) is 2.88. The highest BCUT2D eigenvalue weighted by Crippen LogP contribution is 2.23. The van der Waals surface area contributed by atoms with E-state index in [9.17, 15) is 19.2 Å². The van der Waals surface area contributed by atoms with Crippen molar-refractivity contribution >= 4 is 29.3 Å². The van der Waals surface area contributed by atoms with Crippen LogP contribution in [0.2, 0.25) is 0 Å². The smallest absolute Gasteiger partial charge is 0.307 e. The Morgan fingerprint density at radius 1 is 1.16 bits per heavy atom. The lowest BCUT2D eigenvalue weighted by Gasteiger charge is -2.19. The number of ether oxygens (including phenoxy) is 1. The fourth-order valence-corrected chi connectivity index (χ4v) is 3.25. The Morgan fingerprint density at radius 2 is 1.90 bits per heavy atom. The first-order chi connectivity index (χ1) is 14.9. The molecule has 0 unspecified atom stereocenters. The minimum atomic E-state index is -0.443. The average molecular weight is 419 g/mol. The molecule has 8 nitrogen and oxygen atoms in total. The van der Waals surface area contributed by atoms with Gasteiger partial charge in [-0.1, -0.05) is 18.2 Å². The summed E-state index contributed by atoms with van der Waals surface area (Å²) < 4.78 is 4.88. The first kappa shape index (κ1) is 21.7. The number of nitriles is 1. The minimum absolute atomic E-state index is 0.0148. The summed E-state index contributed by atoms with van der Waals surface area (Å²) in [7, 11) is 0. The number of ketones is 1. The molecule has 0 aliphatic carbocycles. The third kappa shape index (κ3) is 5.34. The Kier molecular flexibility index (Phi) is 6.78. The molecule has 0 aromatic heterocycles. The van der Waals surface area contributed by atoms with Crippen molar-refractivity contribution in [1.82, 2.24) is 4.90 Å². The number of anilines is 1. The Bertz CT molecular complexity index is 1070. The zero-order valence-electron chi connectivity index (χ0n) is 17.0. The highest BCUT2D eigenvalue weighted by Gasteiger charge is 2.27. The number of nitrogens with one attached hydrogen (secondary N) is 1. The molecular formula is C23H21N3O5. The van der Waals surface area contributed by atoms with Crippen LogP contribution in [0.4, 0.5) is 5.69 Å². The maximum Gasteiger partial charge on any atom is 0.307 e. The van der Waals surface area contributed by atoms with Gasteiger partial charge in [0.05, 0.1) is 35.9 Å². The first-order valence-corrected chi connectivity index (χ1v) is 9.82. The van der Waals surface area contributed by atoms with Gasteiger partial charge in [-0.05, 0) is 36.8 Å². The van der Waals surface area contributed by atoms with Crippen molar-refractivity contribution in [2.24, 2.45) is 0 Å². The molecule has 2 amide bonds. The van der Waals surface area contributed by atoms with Crippen molar-refractivity contribution < 1.29 is 23.9 Å². The zero-order valence-corrected chi connectivity index (χ0v) is 17.0. The Balaban J connectivity index is 1.78. The SMILES string of the molecule is CCOC(=O)CCN1CC(=O)Nc2ccc(CC(=O)c3ccc(C#N)cc3)cc2C1=O. The van der Waals surface area contributed by atoms with E-state index in [4.69, 9.17) is 10.00 Å².